The Morgan fingerprint density at radius 3 is 2.52 bits per heavy atom. The molecule has 0 atom stereocenters. The van der Waals surface area contributed by atoms with E-state index in [1.165, 1.54) is 0 Å². The summed E-state index contributed by atoms with van der Waals surface area (Å²) in [5, 5.41) is 10.6. The molecule has 10 heteroatoms. The minimum atomic E-state index is -4.33. The number of nitrogens with zero attached hydrogens (tertiary/aromatic N) is 2. The maximum atomic E-state index is 12.2. The Morgan fingerprint density at radius 1 is 1.13 bits per heavy atom. The maximum Gasteiger partial charge on any atom is 0.411 e. The number of hydrogen-bond donors (Lipinski definition) is 2. The Bertz CT molecular complexity index is 804. The van der Waals surface area contributed by atoms with Crippen LogP contribution in [-0.2, 0) is 37.3 Å². The van der Waals surface area contributed by atoms with E-state index in [-0.39, 0.29) is 30.6 Å². The Kier molecular flexibility index (Phi) is 11.9. The van der Waals surface area contributed by atoms with Crippen molar-refractivity contribution < 1.29 is 22.4 Å². The summed E-state index contributed by atoms with van der Waals surface area (Å²) in [6, 6.07) is 7.20. The fourth-order valence-electron chi connectivity index (χ4n) is 2.92. The van der Waals surface area contributed by atoms with Gasteiger partial charge in [-0.3, -0.25) is 0 Å². The second kappa shape index (κ2) is 13.6. The van der Waals surface area contributed by atoms with Gasteiger partial charge in [0.05, 0.1) is 18.8 Å². The van der Waals surface area contributed by atoms with Crippen molar-refractivity contribution in [1.82, 2.24) is 15.8 Å². The van der Waals surface area contributed by atoms with Crippen LogP contribution in [0.4, 0.5) is 13.2 Å². The molecule has 1 aromatic carbocycles. The highest BCUT2D eigenvalue weighted by Gasteiger charge is 2.27. The van der Waals surface area contributed by atoms with Crippen molar-refractivity contribution in [3.8, 4) is 0 Å². The van der Waals surface area contributed by atoms with Crippen LogP contribution in [-0.4, -0.2) is 30.4 Å². The number of benzene rings is 1. The van der Waals surface area contributed by atoms with E-state index in [1.807, 2.05) is 26.8 Å². The first-order valence-corrected chi connectivity index (χ1v) is 10.1. The molecule has 0 fully saturated rings. The van der Waals surface area contributed by atoms with Crippen LogP contribution in [0.25, 0.3) is 0 Å². The Balaban J connectivity index is 0.00000480. The number of ether oxygens (including phenoxy) is 1. The zero-order valence-corrected chi connectivity index (χ0v) is 20.3. The second-order valence-electron chi connectivity index (χ2n) is 6.71. The Morgan fingerprint density at radius 2 is 1.87 bits per heavy atom. The number of hydrogen-bond acceptors (Lipinski definition) is 4. The van der Waals surface area contributed by atoms with E-state index in [1.54, 1.807) is 18.2 Å². The van der Waals surface area contributed by atoms with Gasteiger partial charge in [0, 0.05) is 25.1 Å². The van der Waals surface area contributed by atoms with Crippen molar-refractivity contribution in [3.63, 3.8) is 0 Å². The van der Waals surface area contributed by atoms with E-state index in [9.17, 15) is 13.2 Å². The summed E-state index contributed by atoms with van der Waals surface area (Å²) in [6.45, 7) is 6.31. The van der Waals surface area contributed by atoms with Crippen LogP contribution in [0.5, 0.6) is 0 Å². The molecule has 0 radical (unpaired) electrons. The first kappa shape index (κ1) is 27.2. The number of aromatic nitrogens is 1. The number of halogens is 4. The van der Waals surface area contributed by atoms with Crippen LogP contribution in [0.1, 0.15) is 48.9 Å². The van der Waals surface area contributed by atoms with Crippen LogP contribution in [0.15, 0.2) is 33.8 Å². The first-order valence-electron chi connectivity index (χ1n) is 10.1. The van der Waals surface area contributed by atoms with Crippen molar-refractivity contribution >= 4 is 29.9 Å². The topological polar surface area (TPSA) is 71.7 Å². The minimum absolute atomic E-state index is 0. The van der Waals surface area contributed by atoms with E-state index in [0.29, 0.717) is 31.2 Å². The van der Waals surface area contributed by atoms with Crippen LogP contribution >= 0.6 is 24.0 Å². The van der Waals surface area contributed by atoms with Gasteiger partial charge in [-0.25, -0.2) is 4.99 Å². The summed E-state index contributed by atoms with van der Waals surface area (Å²) < 4.78 is 46.8. The van der Waals surface area contributed by atoms with Gasteiger partial charge in [-0.2, -0.15) is 13.2 Å². The number of alkyl halides is 3. The number of aryl methyl sites for hydroxylation is 2. The zero-order chi connectivity index (χ0) is 22.0. The molecule has 2 rings (SSSR count). The third kappa shape index (κ3) is 9.46. The lowest BCUT2D eigenvalue weighted by atomic mass is 10.1. The molecule has 2 aromatic rings. The van der Waals surface area contributed by atoms with Crippen molar-refractivity contribution in [2.24, 2.45) is 4.99 Å². The van der Waals surface area contributed by atoms with Gasteiger partial charge in [0.15, 0.2) is 5.96 Å². The molecule has 0 bridgehead atoms. The molecule has 0 saturated carbocycles. The number of nitrogens with one attached hydrogen (secondary N) is 2. The fraction of sp³-hybridized carbons (Fsp3) is 0.524. The van der Waals surface area contributed by atoms with E-state index >= 15 is 0 Å². The third-order valence-corrected chi connectivity index (χ3v) is 4.33. The highest BCUT2D eigenvalue weighted by molar-refractivity contribution is 14.0. The summed E-state index contributed by atoms with van der Waals surface area (Å²) in [6.07, 6.45) is -2.77. The average Bonchev–Trinajstić information content (AvgIpc) is 3.11. The van der Waals surface area contributed by atoms with Gasteiger partial charge in [0.2, 0.25) is 0 Å². The molecule has 2 N–H and O–H groups in total. The molecule has 0 spiro atoms. The van der Waals surface area contributed by atoms with Crippen LogP contribution in [0.2, 0.25) is 0 Å². The predicted octanol–water partition coefficient (Wildman–Crippen LogP) is 4.75. The molecule has 31 heavy (non-hydrogen) atoms. The normalized spacial score (nSPS) is 11.9. The summed E-state index contributed by atoms with van der Waals surface area (Å²) in [7, 11) is 0. The zero-order valence-electron chi connectivity index (χ0n) is 18.0. The minimum Gasteiger partial charge on any atom is -0.367 e. The molecular formula is C21H30F3IN4O2. The highest BCUT2D eigenvalue weighted by Crippen LogP contribution is 2.17. The van der Waals surface area contributed by atoms with E-state index in [2.05, 4.69) is 20.8 Å². The summed E-state index contributed by atoms with van der Waals surface area (Å²) >= 11 is 0. The molecule has 0 saturated heterocycles. The van der Waals surface area contributed by atoms with Gasteiger partial charge < -0.3 is 19.9 Å². The Hall–Kier alpha value is -1.82. The largest absolute Gasteiger partial charge is 0.411 e. The number of aliphatic imine (C=N–C) groups is 1. The first-order chi connectivity index (χ1) is 14.4. The molecule has 1 heterocycles. The van der Waals surface area contributed by atoms with Gasteiger partial charge in [-0.1, -0.05) is 43.3 Å². The molecule has 1 aromatic heterocycles. The van der Waals surface area contributed by atoms with E-state index < -0.39 is 12.8 Å². The third-order valence-electron chi connectivity index (χ3n) is 4.33. The van der Waals surface area contributed by atoms with Crippen LogP contribution in [0.3, 0.4) is 0 Å². The summed E-state index contributed by atoms with van der Waals surface area (Å²) in [4.78, 5) is 4.58. The molecular weight excluding hydrogens is 524 g/mol. The molecule has 174 valence electrons. The predicted molar refractivity (Wildman–Crippen MR) is 124 cm³/mol. The van der Waals surface area contributed by atoms with E-state index in [0.717, 1.165) is 35.4 Å². The van der Waals surface area contributed by atoms with Crippen molar-refractivity contribution in [2.45, 2.75) is 59.5 Å². The number of guanidine groups is 1. The smallest absolute Gasteiger partial charge is 0.367 e. The van der Waals surface area contributed by atoms with Crippen molar-refractivity contribution in [1.29, 1.82) is 0 Å². The Labute approximate surface area is 198 Å². The lowest BCUT2D eigenvalue weighted by Crippen LogP contribution is -2.37. The van der Waals surface area contributed by atoms with Crippen molar-refractivity contribution in [2.75, 3.05) is 13.2 Å². The second-order valence-corrected chi connectivity index (χ2v) is 6.71. The van der Waals surface area contributed by atoms with E-state index in [4.69, 9.17) is 9.26 Å². The van der Waals surface area contributed by atoms with Gasteiger partial charge in [0.25, 0.3) is 0 Å². The van der Waals surface area contributed by atoms with Crippen LogP contribution < -0.4 is 10.6 Å². The lowest BCUT2D eigenvalue weighted by molar-refractivity contribution is -0.176. The molecule has 6 nitrogen and oxygen atoms in total. The van der Waals surface area contributed by atoms with Gasteiger partial charge >= 0.3 is 6.18 Å². The molecule has 0 amide bonds. The SMILES string of the molecule is CCNC(=NCc1cccc(COCC(F)(F)F)c1)NCc1c(CC)noc1CC.I. The van der Waals surface area contributed by atoms with Gasteiger partial charge in [0.1, 0.15) is 12.4 Å². The standard InChI is InChI=1S/C21H29F3N4O2.HI/c1-4-18-17(19(5-2)30-28-18)12-27-20(25-6-3)26-11-15-8-7-9-16(10-15)13-29-14-21(22,23)24;/h7-10H,4-6,11-14H2,1-3H3,(H2,25,26,27);1H. The molecule has 0 aliphatic rings. The van der Waals surface area contributed by atoms with Gasteiger partial charge in [-0.05, 0) is 24.5 Å². The maximum absolute atomic E-state index is 12.2. The summed E-state index contributed by atoms with van der Waals surface area (Å²) in [5.41, 5.74) is 3.54. The average molecular weight is 554 g/mol. The number of rotatable bonds is 10. The van der Waals surface area contributed by atoms with Gasteiger partial charge in [-0.15, -0.1) is 24.0 Å². The molecule has 0 aliphatic carbocycles. The van der Waals surface area contributed by atoms with Crippen LogP contribution in [0, 0.1) is 0 Å². The molecule has 0 aliphatic heterocycles. The molecule has 0 unspecified atom stereocenters. The van der Waals surface area contributed by atoms with Crippen molar-refractivity contribution in [3.05, 3.63) is 52.4 Å². The highest BCUT2D eigenvalue weighted by atomic mass is 127. The fourth-order valence-corrected chi connectivity index (χ4v) is 2.92. The lowest BCUT2D eigenvalue weighted by Gasteiger charge is -2.12. The monoisotopic (exact) mass is 554 g/mol. The summed E-state index contributed by atoms with van der Waals surface area (Å²) in [5.74, 6) is 1.50. The quantitative estimate of drug-likeness (QED) is 0.252.